The molecule has 0 fully saturated rings. The van der Waals surface area contributed by atoms with Crippen LogP contribution in [0.1, 0.15) is 5.56 Å². The van der Waals surface area contributed by atoms with Gasteiger partial charge in [0.1, 0.15) is 17.3 Å². The molecule has 0 radical (unpaired) electrons. The van der Waals surface area contributed by atoms with Gasteiger partial charge in [0.05, 0.1) is 23.3 Å². The largest absolute Gasteiger partial charge is 0.495 e. The van der Waals surface area contributed by atoms with Crippen molar-refractivity contribution in [2.24, 2.45) is 0 Å². The molecule has 1 amide bonds. The summed E-state index contributed by atoms with van der Waals surface area (Å²) in [7, 11) is 1.26. The van der Waals surface area contributed by atoms with E-state index < -0.39 is 39.7 Å². The van der Waals surface area contributed by atoms with Gasteiger partial charge < -0.3 is 14.6 Å². The first kappa shape index (κ1) is 20.2. The normalized spacial score (nSPS) is 11.1. The lowest BCUT2D eigenvalue weighted by Crippen LogP contribution is -2.29. The van der Waals surface area contributed by atoms with Crippen LogP contribution in [-0.2, 0) is 17.5 Å². The highest BCUT2D eigenvalue weighted by Gasteiger charge is 2.32. The van der Waals surface area contributed by atoms with Crippen LogP contribution in [0.2, 0.25) is 5.02 Å². The van der Waals surface area contributed by atoms with E-state index in [1.54, 1.807) is 0 Å². The molecule has 27 heavy (non-hydrogen) atoms. The molecule has 0 aliphatic heterocycles. The van der Waals surface area contributed by atoms with Gasteiger partial charge in [-0.15, -0.1) is 0 Å². The SMILES string of the molecule is COc1ccc([N+](=O)[O-])cc1NC(=O)Cn1cc(C(F)(F)F)cc(Cl)c1=O. The Morgan fingerprint density at radius 2 is 2.04 bits per heavy atom. The molecule has 0 unspecified atom stereocenters. The van der Waals surface area contributed by atoms with Crippen molar-refractivity contribution in [1.29, 1.82) is 0 Å². The summed E-state index contributed by atoms with van der Waals surface area (Å²) in [4.78, 5) is 34.1. The van der Waals surface area contributed by atoms with Gasteiger partial charge in [-0.2, -0.15) is 13.2 Å². The van der Waals surface area contributed by atoms with Crippen molar-refractivity contribution >= 4 is 28.9 Å². The van der Waals surface area contributed by atoms with Crippen molar-refractivity contribution in [2.45, 2.75) is 12.7 Å². The summed E-state index contributed by atoms with van der Waals surface area (Å²) >= 11 is 5.51. The fraction of sp³-hybridized carbons (Fsp3) is 0.200. The summed E-state index contributed by atoms with van der Waals surface area (Å²) in [5, 5.41) is 12.4. The number of methoxy groups -OCH3 is 1. The average molecular weight is 406 g/mol. The molecule has 144 valence electrons. The molecule has 0 atom stereocenters. The highest BCUT2D eigenvalue weighted by molar-refractivity contribution is 6.30. The maximum atomic E-state index is 12.8. The topological polar surface area (TPSA) is 103 Å². The predicted octanol–water partition coefficient (Wildman–Crippen LogP) is 3.08. The lowest BCUT2D eigenvalue weighted by Gasteiger charge is -2.13. The maximum Gasteiger partial charge on any atom is 0.417 e. The summed E-state index contributed by atoms with van der Waals surface area (Å²) in [6.45, 7) is -0.797. The summed E-state index contributed by atoms with van der Waals surface area (Å²) in [5.74, 6) is -0.824. The molecule has 2 rings (SSSR count). The van der Waals surface area contributed by atoms with Crippen molar-refractivity contribution in [3.05, 3.63) is 61.5 Å². The Bertz CT molecular complexity index is 959. The van der Waals surface area contributed by atoms with E-state index in [1.165, 1.54) is 13.2 Å². The minimum atomic E-state index is -4.77. The van der Waals surface area contributed by atoms with Gasteiger partial charge in [0.2, 0.25) is 5.91 Å². The number of hydrogen-bond donors (Lipinski definition) is 1. The van der Waals surface area contributed by atoms with E-state index in [4.69, 9.17) is 16.3 Å². The second-order valence-electron chi connectivity index (χ2n) is 5.20. The van der Waals surface area contributed by atoms with Gasteiger partial charge in [-0.3, -0.25) is 19.7 Å². The third kappa shape index (κ3) is 4.76. The zero-order chi connectivity index (χ0) is 20.4. The third-order valence-electron chi connectivity index (χ3n) is 3.35. The number of hydrogen-bond acceptors (Lipinski definition) is 5. The highest BCUT2D eigenvalue weighted by Crippen LogP contribution is 2.30. The summed E-state index contributed by atoms with van der Waals surface area (Å²) in [6, 6.07) is 3.85. The number of nitrogens with zero attached hydrogens (tertiary/aromatic N) is 2. The average Bonchev–Trinajstić information content (AvgIpc) is 2.57. The highest BCUT2D eigenvalue weighted by atomic mass is 35.5. The number of aromatic nitrogens is 1. The smallest absolute Gasteiger partial charge is 0.417 e. The third-order valence-corrected chi connectivity index (χ3v) is 3.62. The first-order valence-electron chi connectivity index (χ1n) is 7.12. The number of halogens is 4. The minimum Gasteiger partial charge on any atom is -0.495 e. The van der Waals surface area contributed by atoms with Crippen LogP contribution in [0.5, 0.6) is 5.75 Å². The molecule has 0 aliphatic rings. The second-order valence-corrected chi connectivity index (χ2v) is 5.60. The van der Waals surface area contributed by atoms with Crippen molar-refractivity contribution in [1.82, 2.24) is 4.57 Å². The van der Waals surface area contributed by atoms with Gasteiger partial charge in [-0.05, 0) is 12.1 Å². The van der Waals surface area contributed by atoms with Crippen molar-refractivity contribution in [3.8, 4) is 5.75 Å². The van der Waals surface area contributed by atoms with Crippen LogP contribution in [0, 0.1) is 10.1 Å². The number of anilines is 1. The van der Waals surface area contributed by atoms with Crippen LogP contribution in [-0.4, -0.2) is 22.5 Å². The molecule has 1 aromatic carbocycles. The first-order valence-corrected chi connectivity index (χ1v) is 7.50. The molecule has 8 nitrogen and oxygen atoms in total. The van der Waals surface area contributed by atoms with Crippen LogP contribution in [0.25, 0.3) is 0 Å². The maximum absolute atomic E-state index is 12.8. The fourth-order valence-corrected chi connectivity index (χ4v) is 2.35. The molecule has 12 heteroatoms. The number of benzene rings is 1. The number of non-ortho nitro benzene ring substituents is 1. The Morgan fingerprint density at radius 1 is 1.37 bits per heavy atom. The molecule has 1 aromatic heterocycles. The Kier molecular flexibility index (Phi) is 5.74. The molecular weight excluding hydrogens is 395 g/mol. The van der Waals surface area contributed by atoms with Gasteiger partial charge in [0.25, 0.3) is 11.2 Å². The Labute approximate surface area is 154 Å². The Hall–Kier alpha value is -3.08. The zero-order valence-corrected chi connectivity index (χ0v) is 14.3. The van der Waals surface area contributed by atoms with Crippen LogP contribution in [0.4, 0.5) is 24.5 Å². The summed E-state index contributed by atoms with van der Waals surface area (Å²) in [6.07, 6.45) is -4.31. The van der Waals surface area contributed by atoms with E-state index in [1.807, 2.05) is 0 Å². The number of pyridine rings is 1. The number of carbonyl (C=O) groups is 1. The van der Waals surface area contributed by atoms with Gasteiger partial charge in [-0.25, -0.2) is 0 Å². The summed E-state index contributed by atoms with van der Waals surface area (Å²) < 4.78 is 43.9. The molecule has 0 saturated carbocycles. The van der Waals surface area contributed by atoms with E-state index in [9.17, 15) is 32.9 Å². The quantitative estimate of drug-likeness (QED) is 0.608. The molecule has 2 aromatic rings. The number of ether oxygens (including phenoxy) is 1. The van der Waals surface area contributed by atoms with Crippen LogP contribution in [0.15, 0.2) is 35.3 Å². The number of rotatable bonds is 5. The predicted molar refractivity (Wildman–Crippen MR) is 89.0 cm³/mol. The lowest BCUT2D eigenvalue weighted by molar-refractivity contribution is -0.384. The molecule has 0 aliphatic carbocycles. The lowest BCUT2D eigenvalue weighted by atomic mass is 10.2. The van der Waals surface area contributed by atoms with Crippen LogP contribution < -0.4 is 15.6 Å². The molecule has 1 heterocycles. The number of nitro groups is 1. The van der Waals surface area contributed by atoms with Crippen LogP contribution in [0.3, 0.4) is 0 Å². The van der Waals surface area contributed by atoms with E-state index >= 15 is 0 Å². The molecule has 1 N–H and O–H groups in total. The Morgan fingerprint density at radius 3 is 2.59 bits per heavy atom. The second kappa shape index (κ2) is 7.66. The number of carbonyl (C=O) groups excluding carboxylic acids is 1. The molecule has 0 saturated heterocycles. The number of nitro benzene ring substituents is 1. The van der Waals surface area contributed by atoms with Gasteiger partial charge in [-0.1, -0.05) is 11.6 Å². The molecule has 0 bridgehead atoms. The molecule has 0 spiro atoms. The summed E-state index contributed by atoms with van der Waals surface area (Å²) in [5.41, 5.74) is -2.62. The van der Waals surface area contributed by atoms with E-state index in [0.29, 0.717) is 16.8 Å². The number of amides is 1. The van der Waals surface area contributed by atoms with E-state index in [0.717, 1.165) is 12.1 Å². The van der Waals surface area contributed by atoms with Gasteiger partial charge >= 0.3 is 6.18 Å². The fourth-order valence-electron chi connectivity index (χ4n) is 2.12. The van der Waals surface area contributed by atoms with Gasteiger partial charge in [0.15, 0.2) is 0 Å². The zero-order valence-electron chi connectivity index (χ0n) is 13.5. The van der Waals surface area contributed by atoms with E-state index in [2.05, 4.69) is 5.32 Å². The number of alkyl halides is 3. The van der Waals surface area contributed by atoms with Crippen molar-refractivity contribution < 1.29 is 27.6 Å². The monoisotopic (exact) mass is 405 g/mol. The molecular formula is C15H11ClF3N3O5. The van der Waals surface area contributed by atoms with Gasteiger partial charge in [0, 0.05) is 18.3 Å². The number of nitrogens with one attached hydrogen (secondary N) is 1. The minimum absolute atomic E-state index is 0.0807. The van der Waals surface area contributed by atoms with E-state index in [-0.39, 0.29) is 17.1 Å². The first-order chi connectivity index (χ1) is 12.5. The van der Waals surface area contributed by atoms with Crippen LogP contribution >= 0.6 is 11.6 Å². The van der Waals surface area contributed by atoms with Crippen molar-refractivity contribution in [3.63, 3.8) is 0 Å². The Balaban J connectivity index is 2.31. The standard InChI is InChI=1S/C15H11ClF3N3O5/c1-27-12-3-2-9(22(25)26)5-11(12)20-13(23)7-21-6-8(15(17,18)19)4-10(16)14(21)24/h2-6H,7H2,1H3,(H,20,23). The van der Waals surface area contributed by atoms with Crippen molar-refractivity contribution in [2.75, 3.05) is 12.4 Å².